The van der Waals surface area contributed by atoms with E-state index in [4.69, 9.17) is 4.74 Å². The van der Waals surface area contributed by atoms with Gasteiger partial charge in [0, 0.05) is 0 Å². The van der Waals surface area contributed by atoms with Crippen LogP contribution in [0.3, 0.4) is 0 Å². The highest BCUT2D eigenvalue weighted by atomic mass is 16.5. The Morgan fingerprint density at radius 2 is 1.86 bits per heavy atom. The topological polar surface area (TPSA) is 29.5 Å². The summed E-state index contributed by atoms with van der Waals surface area (Å²) in [5.41, 5.74) is 4.85. The van der Waals surface area contributed by atoms with Crippen LogP contribution in [0.5, 0.6) is 0 Å². The lowest BCUT2D eigenvalue weighted by molar-refractivity contribution is -0.0651. The van der Waals surface area contributed by atoms with Crippen molar-refractivity contribution in [1.82, 2.24) is 0 Å². The van der Waals surface area contributed by atoms with Gasteiger partial charge in [-0.2, -0.15) is 0 Å². The molecule has 0 aromatic carbocycles. The Hall–Kier alpha value is -0.860. The van der Waals surface area contributed by atoms with E-state index in [2.05, 4.69) is 46.4 Å². The third kappa shape index (κ3) is 4.65. The molecular formula is C26H42O2. The number of hydrogen-bond acceptors (Lipinski definition) is 2. The van der Waals surface area contributed by atoms with Crippen LogP contribution in [0.4, 0.5) is 0 Å². The average Bonchev–Trinajstić information content (AvgIpc) is 3.02. The summed E-state index contributed by atoms with van der Waals surface area (Å²) in [6.07, 6.45) is 16.1. The van der Waals surface area contributed by atoms with Gasteiger partial charge >= 0.3 is 0 Å². The molecule has 0 unspecified atom stereocenters. The van der Waals surface area contributed by atoms with Gasteiger partial charge in [0.1, 0.15) is 0 Å². The number of aliphatic hydroxyl groups is 1. The van der Waals surface area contributed by atoms with E-state index in [9.17, 15) is 5.11 Å². The maximum absolute atomic E-state index is 10.1. The number of allylic oxidation sites excluding steroid dienone is 5. The summed E-state index contributed by atoms with van der Waals surface area (Å²) < 4.78 is 6.17. The maximum atomic E-state index is 10.1. The minimum Gasteiger partial charge on any atom is -0.390 e. The van der Waals surface area contributed by atoms with Crippen molar-refractivity contribution >= 4 is 0 Å². The molecule has 0 radical (unpaired) electrons. The maximum Gasteiger partial charge on any atom is 0.0796 e. The molecule has 3 aliphatic carbocycles. The second kappa shape index (κ2) is 9.30. The second-order valence-corrected chi connectivity index (χ2v) is 10.2. The minimum atomic E-state index is -0.357. The lowest BCUT2D eigenvalue weighted by atomic mass is 9.62. The highest BCUT2D eigenvalue weighted by Gasteiger charge is 2.51. The largest absolute Gasteiger partial charge is 0.390 e. The van der Waals surface area contributed by atoms with Crippen LogP contribution in [-0.4, -0.2) is 23.9 Å². The zero-order valence-corrected chi connectivity index (χ0v) is 18.7. The van der Waals surface area contributed by atoms with Crippen LogP contribution in [0.2, 0.25) is 0 Å². The third-order valence-corrected chi connectivity index (χ3v) is 8.03. The second-order valence-electron chi connectivity index (χ2n) is 10.2. The van der Waals surface area contributed by atoms with E-state index in [1.807, 2.05) is 0 Å². The molecule has 0 aliphatic heterocycles. The van der Waals surface area contributed by atoms with E-state index in [1.165, 1.54) is 68.9 Å². The fraction of sp³-hybridized carbons (Fsp3) is 0.769. The van der Waals surface area contributed by atoms with Crippen LogP contribution in [-0.2, 0) is 4.74 Å². The highest BCUT2D eigenvalue weighted by Crippen LogP contribution is 2.58. The standard InChI is InChI=1S/C26H42O2/c1-18(2)25(27)17-28-20(4)23-14-15-24-22(11-8-16-26(23,24)5)13-12-21-10-7-6-9-19(21)3/h12-13,18,20,23-25,27H,3,6-11,14-17H2,1-2,4-5H3/t20-,23+,24-,25-,26+/m0/s1. The monoisotopic (exact) mass is 386 g/mol. The number of hydrogen-bond donors (Lipinski definition) is 1. The summed E-state index contributed by atoms with van der Waals surface area (Å²) >= 11 is 0. The molecule has 0 amide bonds. The third-order valence-electron chi connectivity index (χ3n) is 8.03. The van der Waals surface area contributed by atoms with Crippen molar-refractivity contribution in [2.45, 2.75) is 97.7 Å². The van der Waals surface area contributed by atoms with E-state index >= 15 is 0 Å². The van der Waals surface area contributed by atoms with Crippen LogP contribution in [0.1, 0.15) is 85.5 Å². The fourth-order valence-electron chi connectivity index (χ4n) is 6.01. The zero-order chi connectivity index (χ0) is 20.3. The van der Waals surface area contributed by atoms with Crippen LogP contribution in [0, 0.1) is 23.2 Å². The smallest absolute Gasteiger partial charge is 0.0796 e. The molecule has 0 aromatic rings. The number of rotatable bonds is 6. The summed E-state index contributed by atoms with van der Waals surface area (Å²) in [5.74, 6) is 1.55. The summed E-state index contributed by atoms with van der Waals surface area (Å²) in [5, 5.41) is 10.1. The Morgan fingerprint density at radius 3 is 2.57 bits per heavy atom. The number of ether oxygens (including phenoxy) is 1. The van der Waals surface area contributed by atoms with Gasteiger partial charge in [0.2, 0.25) is 0 Å². The number of aliphatic hydroxyl groups excluding tert-OH is 1. The molecule has 3 rings (SSSR count). The molecule has 0 bridgehead atoms. The molecule has 28 heavy (non-hydrogen) atoms. The van der Waals surface area contributed by atoms with Crippen molar-refractivity contribution in [2.75, 3.05) is 6.61 Å². The average molecular weight is 387 g/mol. The van der Waals surface area contributed by atoms with E-state index in [0.29, 0.717) is 23.9 Å². The van der Waals surface area contributed by atoms with Crippen molar-refractivity contribution in [2.24, 2.45) is 23.2 Å². The molecule has 0 heterocycles. The first-order chi connectivity index (χ1) is 13.3. The molecule has 1 N–H and O–H groups in total. The van der Waals surface area contributed by atoms with Gasteiger partial charge < -0.3 is 9.84 Å². The van der Waals surface area contributed by atoms with Gasteiger partial charge in [-0.1, -0.05) is 50.6 Å². The normalized spacial score (nSPS) is 36.1. The Kier molecular flexibility index (Phi) is 7.26. The predicted molar refractivity (Wildman–Crippen MR) is 118 cm³/mol. The summed E-state index contributed by atoms with van der Waals surface area (Å²) in [4.78, 5) is 0. The molecule has 3 saturated carbocycles. The molecule has 3 fully saturated rings. The van der Waals surface area contributed by atoms with Crippen molar-refractivity contribution in [3.8, 4) is 0 Å². The molecule has 2 heteroatoms. The molecule has 0 aromatic heterocycles. The molecule has 2 nitrogen and oxygen atoms in total. The van der Waals surface area contributed by atoms with E-state index in [-0.39, 0.29) is 18.1 Å². The molecule has 0 saturated heterocycles. The first-order valence-electron chi connectivity index (χ1n) is 11.7. The van der Waals surface area contributed by atoms with Crippen LogP contribution in [0.15, 0.2) is 35.5 Å². The molecule has 0 spiro atoms. The van der Waals surface area contributed by atoms with Crippen molar-refractivity contribution in [1.29, 1.82) is 0 Å². The van der Waals surface area contributed by atoms with E-state index < -0.39 is 0 Å². The van der Waals surface area contributed by atoms with E-state index in [0.717, 1.165) is 0 Å². The summed E-state index contributed by atoms with van der Waals surface area (Å²) in [6.45, 7) is 13.6. The zero-order valence-electron chi connectivity index (χ0n) is 18.7. The molecule has 3 aliphatic rings. The minimum absolute atomic E-state index is 0.222. The predicted octanol–water partition coefficient (Wildman–Crippen LogP) is 6.61. The Labute approximate surface area is 173 Å². The molecular weight excluding hydrogens is 344 g/mol. The fourth-order valence-corrected chi connectivity index (χ4v) is 6.01. The van der Waals surface area contributed by atoms with Gasteiger partial charge in [-0.3, -0.25) is 0 Å². The summed E-state index contributed by atoms with van der Waals surface area (Å²) in [6, 6.07) is 0. The van der Waals surface area contributed by atoms with Gasteiger partial charge in [0.25, 0.3) is 0 Å². The molecule has 158 valence electrons. The van der Waals surface area contributed by atoms with Gasteiger partial charge in [-0.25, -0.2) is 0 Å². The molecule has 5 atom stereocenters. The quantitative estimate of drug-likeness (QED) is 0.556. The highest BCUT2D eigenvalue weighted by molar-refractivity contribution is 5.35. The van der Waals surface area contributed by atoms with Crippen LogP contribution < -0.4 is 0 Å². The van der Waals surface area contributed by atoms with Crippen LogP contribution in [0.25, 0.3) is 0 Å². The van der Waals surface area contributed by atoms with Crippen molar-refractivity contribution in [3.63, 3.8) is 0 Å². The number of fused-ring (bicyclic) bond motifs is 1. The van der Waals surface area contributed by atoms with Gasteiger partial charge in [0.05, 0.1) is 18.8 Å². The van der Waals surface area contributed by atoms with Gasteiger partial charge in [-0.15, -0.1) is 0 Å². The lowest BCUT2D eigenvalue weighted by Crippen LogP contribution is -2.39. The Morgan fingerprint density at radius 1 is 1.11 bits per heavy atom. The first-order valence-corrected chi connectivity index (χ1v) is 11.7. The van der Waals surface area contributed by atoms with Crippen molar-refractivity contribution < 1.29 is 9.84 Å². The van der Waals surface area contributed by atoms with Gasteiger partial charge in [-0.05, 0) is 93.5 Å². The van der Waals surface area contributed by atoms with Gasteiger partial charge in [0.15, 0.2) is 0 Å². The first kappa shape index (κ1) is 21.8. The van der Waals surface area contributed by atoms with E-state index in [1.54, 1.807) is 5.57 Å². The lowest BCUT2D eigenvalue weighted by Gasteiger charge is -2.44. The Bertz CT molecular complexity index is 614. The SMILES string of the molecule is C=C1CCCCC1=CC=C1CCC[C@]2(C)[C@@H]([C@H](C)OC[C@H](O)C(C)C)CC[C@@H]12. The van der Waals surface area contributed by atoms with Crippen LogP contribution >= 0.6 is 0 Å². The Balaban J connectivity index is 1.69. The summed E-state index contributed by atoms with van der Waals surface area (Å²) in [7, 11) is 0. The van der Waals surface area contributed by atoms with Crippen molar-refractivity contribution in [3.05, 3.63) is 35.5 Å².